The van der Waals surface area contributed by atoms with Crippen LogP contribution in [0.1, 0.15) is 0 Å². The predicted octanol–water partition coefficient (Wildman–Crippen LogP) is 0.391. The monoisotopic (exact) mass is 205 g/mol. The minimum Gasteiger partial charge on any atom is -0.390 e. The Kier molecular flexibility index (Phi) is 3.21. The molecule has 1 unspecified atom stereocenters. The van der Waals surface area contributed by atoms with Crippen molar-refractivity contribution in [3.8, 4) is 0 Å². The lowest BCUT2D eigenvalue weighted by Gasteiger charge is -2.04. The number of aromatic nitrogens is 2. The zero-order valence-corrected chi connectivity index (χ0v) is 7.39. The Morgan fingerprint density at radius 1 is 1.85 bits per heavy atom. The maximum absolute atomic E-state index is 10.2. The van der Waals surface area contributed by atoms with Crippen LogP contribution < -0.4 is 0 Å². The van der Waals surface area contributed by atoms with E-state index >= 15 is 0 Å². The second-order valence-electron chi connectivity index (χ2n) is 2.49. The molecule has 7 heteroatoms. The van der Waals surface area contributed by atoms with Crippen LogP contribution in [-0.4, -0.2) is 31.8 Å². The lowest BCUT2D eigenvalue weighted by molar-refractivity contribution is -0.385. The van der Waals surface area contributed by atoms with E-state index in [2.05, 4.69) is 5.10 Å². The van der Waals surface area contributed by atoms with Gasteiger partial charge in [0, 0.05) is 0 Å². The first-order valence-electron chi connectivity index (χ1n) is 3.54. The quantitative estimate of drug-likeness (QED) is 0.438. The molecule has 1 aromatic heterocycles. The van der Waals surface area contributed by atoms with Gasteiger partial charge in [-0.15, -0.1) is 11.6 Å². The third-order valence-corrected chi connectivity index (χ3v) is 1.76. The molecule has 0 aliphatic rings. The normalized spacial score (nSPS) is 12.8. The summed E-state index contributed by atoms with van der Waals surface area (Å²) in [6, 6.07) is 0. The van der Waals surface area contributed by atoms with Crippen LogP contribution in [0.2, 0.25) is 0 Å². The molecule has 0 saturated carbocycles. The van der Waals surface area contributed by atoms with Crippen molar-refractivity contribution >= 4 is 17.3 Å². The summed E-state index contributed by atoms with van der Waals surface area (Å²) in [5.74, 6) is 0.0770. The molecule has 1 rings (SSSR count). The smallest absolute Gasteiger partial charge is 0.306 e. The number of hydrogen-bond acceptors (Lipinski definition) is 4. The second-order valence-corrected chi connectivity index (χ2v) is 2.79. The molecule has 0 bridgehead atoms. The summed E-state index contributed by atoms with van der Waals surface area (Å²) in [6.07, 6.45) is 1.64. The molecule has 72 valence electrons. The van der Waals surface area contributed by atoms with E-state index in [4.69, 9.17) is 16.7 Å². The van der Waals surface area contributed by atoms with Crippen LogP contribution in [0.4, 0.5) is 5.69 Å². The Morgan fingerprint density at radius 3 is 3.00 bits per heavy atom. The number of nitro groups is 1. The third-order valence-electron chi connectivity index (χ3n) is 1.41. The molecule has 0 aliphatic carbocycles. The van der Waals surface area contributed by atoms with E-state index in [1.54, 1.807) is 0 Å². The van der Waals surface area contributed by atoms with E-state index in [0.717, 1.165) is 6.20 Å². The molecule has 13 heavy (non-hydrogen) atoms. The number of aliphatic hydroxyl groups excluding tert-OH is 1. The molecular formula is C6H8ClN3O3. The largest absolute Gasteiger partial charge is 0.390 e. The molecule has 0 aromatic carbocycles. The van der Waals surface area contributed by atoms with E-state index in [-0.39, 0.29) is 18.1 Å². The molecule has 1 N–H and O–H groups in total. The lowest BCUT2D eigenvalue weighted by Crippen LogP contribution is -2.17. The fourth-order valence-electron chi connectivity index (χ4n) is 0.812. The molecule has 0 saturated heterocycles. The summed E-state index contributed by atoms with van der Waals surface area (Å²) >= 11 is 5.35. The summed E-state index contributed by atoms with van der Waals surface area (Å²) in [6.45, 7) is 0.164. The fraction of sp³-hybridized carbons (Fsp3) is 0.500. The number of aliphatic hydroxyl groups is 1. The average molecular weight is 206 g/mol. The van der Waals surface area contributed by atoms with Crippen LogP contribution >= 0.6 is 11.6 Å². The van der Waals surface area contributed by atoms with E-state index < -0.39 is 11.0 Å². The molecule has 1 aromatic rings. The van der Waals surface area contributed by atoms with Crippen LogP contribution in [0.5, 0.6) is 0 Å². The van der Waals surface area contributed by atoms with Gasteiger partial charge in [0.15, 0.2) is 0 Å². The van der Waals surface area contributed by atoms with Gasteiger partial charge in [-0.2, -0.15) is 5.10 Å². The highest BCUT2D eigenvalue weighted by Gasteiger charge is 2.10. The first kappa shape index (κ1) is 9.94. The first-order chi connectivity index (χ1) is 6.13. The van der Waals surface area contributed by atoms with Crippen LogP contribution in [-0.2, 0) is 6.54 Å². The van der Waals surface area contributed by atoms with Crippen molar-refractivity contribution in [2.24, 2.45) is 0 Å². The van der Waals surface area contributed by atoms with Gasteiger partial charge in [0.1, 0.15) is 12.4 Å². The highest BCUT2D eigenvalue weighted by molar-refractivity contribution is 6.18. The highest BCUT2D eigenvalue weighted by Crippen LogP contribution is 2.08. The summed E-state index contributed by atoms with van der Waals surface area (Å²) in [4.78, 5) is 9.69. The number of rotatable bonds is 4. The Bertz CT molecular complexity index is 301. The maximum atomic E-state index is 10.2. The predicted molar refractivity (Wildman–Crippen MR) is 45.6 cm³/mol. The number of alkyl halides is 1. The van der Waals surface area contributed by atoms with Gasteiger partial charge in [-0.25, -0.2) is 0 Å². The summed E-state index contributed by atoms with van der Waals surface area (Å²) < 4.78 is 1.28. The Hall–Kier alpha value is -1.14. The topological polar surface area (TPSA) is 81.2 Å². The van der Waals surface area contributed by atoms with Crippen molar-refractivity contribution in [2.75, 3.05) is 5.88 Å². The molecule has 0 aliphatic heterocycles. The molecule has 1 heterocycles. The van der Waals surface area contributed by atoms with E-state index in [1.807, 2.05) is 0 Å². The first-order valence-corrected chi connectivity index (χ1v) is 4.08. The maximum Gasteiger partial charge on any atom is 0.306 e. The molecule has 0 fully saturated rings. The van der Waals surface area contributed by atoms with Gasteiger partial charge < -0.3 is 5.11 Å². The van der Waals surface area contributed by atoms with Crippen molar-refractivity contribution in [2.45, 2.75) is 12.6 Å². The molecule has 0 amide bonds. The van der Waals surface area contributed by atoms with Crippen molar-refractivity contribution in [1.29, 1.82) is 0 Å². The van der Waals surface area contributed by atoms with Crippen molar-refractivity contribution in [3.63, 3.8) is 0 Å². The lowest BCUT2D eigenvalue weighted by atomic mass is 10.4. The van der Waals surface area contributed by atoms with E-state index in [1.165, 1.54) is 10.9 Å². The summed E-state index contributed by atoms with van der Waals surface area (Å²) in [7, 11) is 0. The Morgan fingerprint density at radius 2 is 2.54 bits per heavy atom. The van der Waals surface area contributed by atoms with Gasteiger partial charge in [0.2, 0.25) is 0 Å². The molecule has 0 radical (unpaired) electrons. The van der Waals surface area contributed by atoms with Gasteiger partial charge in [-0.1, -0.05) is 0 Å². The zero-order valence-electron chi connectivity index (χ0n) is 6.63. The van der Waals surface area contributed by atoms with Gasteiger partial charge >= 0.3 is 5.69 Å². The Labute approximate surface area is 78.9 Å². The highest BCUT2D eigenvalue weighted by atomic mass is 35.5. The molecular weight excluding hydrogens is 198 g/mol. The van der Waals surface area contributed by atoms with E-state index in [0.29, 0.717) is 0 Å². The van der Waals surface area contributed by atoms with Crippen LogP contribution in [0.3, 0.4) is 0 Å². The summed E-state index contributed by atoms with van der Waals surface area (Å²) in [5.41, 5.74) is -0.0956. The van der Waals surface area contributed by atoms with Gasteiger partial charge in [0.05, 0.1) is 23.5 Å². The van der Waals surface area contributed by atoms with E-state index in [9.17, 15) is 10.1 Å². The molecule has 1 atom stereocenters. The van der Waals surface area contributed by atoms with Crippen LogP contribution in [0.15, 0.2) is 12.4 Å². The van der Waals surface area contributed by atoms with Crippen LogP contribution in [0.25, 0.3) is 0 Å². The SMILES string of the molecule is O=[N+]([O-])c1cnn(CC(O)CCl)c1. The number of hydrogen-bond donors (Lipinski definition) is 1. The van der Waals surface area contributed by atoms with Crippen molar-refractivity contribution in [1.82, 2.24) is 9.78 Å². The fourth-order valence-corrected chi connectivity index (χ4v) is 0.909. The van der Waals surface area contributed by atoms with Gasteiger partial charge in [-0.05, 0) is 0 Å². The zero-order chi connectivity index (χ0) is 9.84. The van der Waals surface area contributed by atoms with Crippen LogP contribution in [0, 0.1) is 10.1 Å². The van der Waals surface area contributed by atoms with Crippen molar-refractivity contribution < 1.29 is 10.0 Å². The average Bonchev–Trinajstić information content (AvgIpc) is 2.52. The standard InChI is InChI=1S/C6H8ClN3O3/c7-1-6(11)4-9-3-5(2-8-9)10(12)13/h2-3,6,11H,1,4H2. The van der Waals surface area contributed by atoms with Crippen molar-refractivity contribution in [3.05, 3.63) is 22.5 Å². The van der Waals surface area contributed by atoms with Gasteiger partial charge in [-0.3, -0.25) is 14.8 Å². The molecule has 0 spiro atoms. The Balaban J connectivity index is 2.64. The number of halogens is 1. The van der Waals surface area contributed by atoms with Gasteiger partial charge in [0.25, 0.3) is 0 Å². The number of nitrogens with zero attached hydrogens (tertiary/aromatic N) is 3. The third kappa shape index (κ3) is 2.67. The minimum absolute atomic E-state index is 0.0770. The molecule has 6 nitrogen and oxygen atoms in total. The summed E-state index contributed by atoms with van der Waals surface area (Å²) in [5, 5.41) is 23.0. The minimum atomic E-state index is -0.735. The second kappa shape index (κ2) is 4.20.